The summed E-state index contributed by atoms with van der Waals surface area (Å²) in [6, 6.07) is 24.6. The zero-order valence-electron chi connectivity index (χ0n) is 12.7. The molecule has 1 radical (unpaired) electrons. The molecule has 0 fully saturated rings. The molecule has 3 heteroatoms. The van der Waals surface area contributed by atoms with E-state index in [2.05, 4.69) is 71.8 Å². The quantitative estimate of drug-likeness (QED) is 0.302. The first kappa shape index (κ1) is 15.1. The van der Waals surface area contributed by atoms with Crippen LogP contribution in [0.4, 0.5) is 0 Å². The number of fused-ring (bicyclic) bond motifs is 4. The predicted octanol–water partition coefficient (Wildman–Crippen LogP) is 5.11. The third-order valence-corrected chi connectivity index (χ3v) is 4.41. The van der Waals surface area contributed by atoms with Crippen LogP contribution < -0.4 is 0 Å². The second-order valence-corrected chi connectivity index (χ2v) is 5.68. The van der Waals surface area contributed by atoms with Crippen molar-refractivity contribution in [3.8, 4) is 11.1 Å². The summed E-state index contributed by atoms with van der Waals surface area (Å²) in [6.07, 6.45) is 5.85. The minimum absolute atomic E-state index is 0. The van der Waals surface area contributed by atoms with Gasteiger partial charge in [0, 0.05) is 32.5 Å². The number of hydrogen-bond donors (Lipinski definition) is 0. The van der Waals surface area contributed by atoms with E-state index in [1.54, 1.807) is 0 Å². The minimum atomic E-state index is 0. The summed E-state index contributed by atoms with van der Waals surface area (Å²) in [5.74, 6) is 0. The minimum Gasteiger partial charge on any atom is -0.347 e. The van der Waals surface area contributed by atoms with Crippen molar-refractivity contribution < 1.29 is 20.1 Å². The molecule has 0 aliphatic carbocycles. The van der Waals surface area contributed by atoms with Crippen LogP contribution >= 0.6 is 0 Å². The van der Waals surface area contributed by atoms with Crippen LogP contribution in [0.25, 0.3) is 38.3 Å². The molecule has 0 spiro atoms. The molecule has 0 aliphatic rings. The average molecular weight is 486 g/mol. The van der Waals surface area contributed by atoms with E-state index in [0.717, 1.165) is 11.0 Å². The molecule has 0 saturated heterocycles. The van der Waals surface area contributed by atoms with Crippen LogP contribution in [-0.2, 0) is 20.1 Å². The zero-order chi connectivity index (χ0) is 15.2. The van der Waals surface area contributed by atoms with Gasteiger partial charge in [-0.3, -0.25) is 4.98 Å². The molecule has 0 bridgehead atoms. The van der Waals surface area contributed by atoms with Crippen molar-refractivity contribution in [2.24, 2.45) is 0 Å². The average Bonchev–Trinajstić information content (AvgIpc) is 3.10. The Morgan fingerprint density at radius 1 is 0.792 bits per heavy atom. The molecular weight excluding hydrogens is 472 g/mol. The summed E-state index contributed by atoms with van der Waals surface area (Å²) in [4.78, 5) is 4.48. The van der Waals surface area contributed by atoms with Crippen LogP contribution in [0.1, 0.15) is 0 Å². The van der Waals surface area contributed by atoms with Gasteiger partial charge in [0.1, 0.15) is 0 Å². The van der Waals surface area contributed by atoms with Gasteiger partial charge in [-0.15, -0.1) is 23.6 Å². The Labute approximate surface area is 153 Å². The number of pyridine rings is 1. The SMILES string of the molecule is [Ir].[c-]1ccc(-c2cccc3ccccc23)c2ccn3ccnc3c12. The summed E-state index contributed by atoms with van der Waals surface area (Å²) in [5, 5.41) is 4.77. The molecule has 0 amide bonds. The summed E-state index contributed by atoms with van der Waals surface area (Å²) >= 11 is 0. The molecule has 0 aliphatic heterocycles. The van der Waals surface area contributed by atoms with Gasteiger partial charge in [-0.2, -0.15) is 0 Å². The molecule has 5 rings (SSSR count). The maximum Gasteiger partial charge on any atom is 0.0603 e. The van der Waals surface area contributed by atoms with Gasteiger partial charge >= 0.3 is 0 Å². The summed E-state index contributed by atoms with van der Waals surface area (Å²) in [7, 11) is 0. The number of benzene rings is 3. The topological polar surface area (TPSA) is 17.3 Å². The van der Waals surface area contributed by atoms with Crippen molar-refractivity contribution in [3.63, 3.8) is 0 Å². The van der Waals surface area contributed by atoms with Crippen LogP contribution in [0.3, 0.4) is 0 Å². The molecule has 0 N–H and O–H groups in total. The molecule has 2 nitrogen and oxygen atoms in total. The van der Waals surface area contributed by atoms with Gasteiger partial charge in [0.25, 0.3) is 0 Å². The molecule has 2 heterocycles. The second kappa shape index (κ2) is 5.86. The van der Waals surface area contributed by atoms with Crippen LogP contribution in [0.5, 0.6) is 0 Å². The van der Waals surface area contributed by atoms with Crippen molar-refractivity contribution >= 4 is 27.2 Å². The Bertz CT molecular complexity index is 1170. The summed E-state index contributed by atoms with van der Waals surface area (Å²) < 4.78 is 2.03. The Morgan fingerprint density at radius 3 is 2.58 bits per heavy atom. The van der Waals surface area contributed by atoms with Gasteiger partial charge < -0.3 is 4.40 Å². The van der Waals surface area contributed by atoms with E-state index in [9.17, 15) is 0 Å². The Kier molecular flexibility index (Phi) is 3.68. The third kappa shape index (κ3) is 2.17. The van der Waals surface area contributed by atoms with E-state index in [1.807, 2.05) is 22.9 Å². The molecule has 0 saturated carbocycles. The molecule has 2 aromatic heterocycles. The molecule has 24 heavy (non-hydrogen) atoms. The molecule has 0 unspecified atom stereocenters. The monoisotopic (exact) mass is 486 g/mol. The van der Waals surface area contributed by atoms with Gasteiger partial charge in [0.15, 0.2) is 0 Å². The fraction of sp³-hybridized carbons (Fsp3) is 0. The smallest absolute Gasteiger partial charge is 0.0603 e. The van der Waals surface area contributed by atoms with Gasteiger partial charge in [0.05, 0.1) is 5.65 Å². The number of imidazole rings is 1. The van der Waals surface area contributed by atoms with Crippen molar-refractivity contribution in [3.05, 3.63) is 85.3 Å². The Morgan fingerprint density at radius 2 is 1.62 bits per heavy atom. The van der Waals surface area contributed by atoms with Crippen LogP contribution in [0, 0.1) is 6.07 Å². The fourth-order valence-electron chi connectivity index (χ4n) is 3.35. The van der Waals surface area contributed by atoms with Gasteiger partial charge in [0.2, 0.25) is 0 Å². The molecule has 5 aromatic rings. The van der Waals surface area contributed by atoms with E-state index in [-0.39, 0.29) is 20.1 Å². The fourth-order valence-corrected chi connectivity index (χ4v) is 3.35. The van der Waals surface area contributed by atoms with E-state index in [4.69, 9.17) is 0 Å². The Hall–Kier alpha value is -2.48. The van der Waals surface area contributed by atoms with Crippen LogP contribution in [0.15, 0.2) is 79.3 Å². The van der Waals surface area contributed by atoms with Crippen molar-refractivity contribution in [1.82, 2.24) is 9.38 Å². The largest absolute Gasteiger partial charge is 0.347 e. The van der Waals surface area contributed by atoms with E-state index in [1.165, 1.54) is 27.3 Å². The van der Waals surface area contributed by atoms with Crippen molar-refractivity contribution in [2.75, 3.05) is 0 Å². The number of aromatic nitrogens is 2. The van der Waals surface area contributed by atoms with Gasteiger partial charge in [-0.05, 0) is 22.5 Å². The first-order valence-electron chi connectivity index (χ1n) is 7.66. The molecule has 3 aromatic carbocycles. The second-order valence-electron chi connectivity index (χ2n) is 5.68. The summed E-state index contributed by atoms with van der Waals surface area (Å²) in [6.45, 7) is 0. The third-order valence-electron chi connectivity index (χ3n) is 4.41. The number of hydrogen-bond acceptors (Lipinski definition) is 1. The van der Waals surface area contributed by atoms with Crippen molar-refractivity contribution in [1.29, 1.82) is 0 Å². The Balaban J connectivity index is 0.00000146. The number of rotatable bonds is 1. The summed E-state index contributed by atoms with van der Waals surface area (Å²) in [5.41, 5.74) is 3.42. The maximum atomic E-state index is 4.48. The first-order chi connectivity index (χ1) is 11.4. The van der Waals surface area contributed by atoms with Crippen LogP contribution in [0.2, 0.25) is 0 Å². The van der Waals surface area contributed by atoms with Gasteiger partial charge in [-0.1, -0.05) is 59.5 Å². The van der Waals surface area contributed by atoms with Crippen molar-refractivity contribution in [2.45, 2.75) is 0 Å². The van der Waals surface area contributed by atoms with E-state index >= 15 is 0 Å². The molecular formula is C21H13IrN2-. The first-order valence-corrected chi connectivity index (χ1v) is 7.66. The van der Waals surface area contributed by atoms with E-state index in [0.29, 0.717) is 0 Å². The predicted molar refractivity (Wildman–Crippen MR) is 94.5 cm³/mol. The number of nitrogens with zero attached hydrogens (tertiary/aromatic N) is 2. The standard InChI is InChI=1S/C21H13N2.Ir/c1-2-7-16-15(5-1)6-3-8-17(16)18-9-4-10-20-19(18)11-13-23-14-12-22-21(20)23;/h1-9,11-14H;/q-1;. The maximum absolute atomic E-state index is 4.48. The van der Waals surface area contributed by atoms with Crippen LogP contribution in [-0.4, -0.2) is 9.38 Å². The molecule has 117 valence electrons. The normalized spacial score (nSPS) is 11.0. The van der Waals surface area contributed by atoms with Gasteiger partial charge in [-0.25, -0.2) is 0 Å². The van der Waals surface area contributed by atoms with E-state index < -0.39 is 0 Å². The molecule has 0 atom stereocenters. The zero-order valence-corrected chi connectivity index (χ0v) is 15.1.